The fourth-order valence-electron chi connectivity index (χ4n) is 1.58. The molecule has 2 heteroatoms. The minimum Gasteiger partial charge on any atom is -0.323 e. The van der Waals surface area contributed by atoms with E-state index in [2.05, 4.69) is 34.1 Å². The average Bonchev–Trinajstić information content (AvgIpc) is 2.30. The van der Waals surface area contributed by atoms with Gasteiger partial charge in [0.1, 0.15) is 0 Å². The monoisotopic (exact) mass is 211 g/mol. The van der Waals surface area contributed by atoms with Crippen LogP contribution < -0.4 is 5.73 Å². The van der Waals surface area contributed by atoms with E-state index in [4.69, 9.17) is 5.73 Å². The van der Waals surface area contributed by atoms with Gasteiger partial charge in [0.2, 0.25) is 0 Å². The van der Waals surface area contributed by atoms with Crippen LogP contribution in [0.2, 0.25) is 0 Å². The zero-order valence-electron chi connectivity index (χ0n) is 6.13. The van der Waals surface area contributed by atoms with Crippen molar-refractivity contribution in [3.05, 3.63) is 35.4 Å². The minimum absolute atomic E-state index is 0.186. The second-order valence-corrected chi connectivity index (χ2v) is 4.12. The van der Waals surface area contributed by atoms with E-state index in [0.29, 0.717) is 4.83 Å². The molecule has 11 heavy (non-hydrogen) atoms. The van der Waals surface area contributed by atoms with Gasteiger partial charge < -0.3 is 5.73 Å². The van der Waals surface area contributed by atoms with Crippen molar-refractivity contribution in [2.45, 2.75) is 17.3 Å². The summed E-state index contributed by atoms with van der Waals surface area (Å²) >= 11 is 3.56. The Morgan fingerprint density at radius 2 is 2.09 bits per heavy atom. The maximum atomic E-state index is 5.94. The van der Waals surface area contributed by atoms with Crippen LogP contribution in [0, 0.1) is 0 Å². The molecule has 2 rings (SSSR count). The molecule has 1 aliphatic rings. The third-order valence-electron chi connectivity index (χ3n) is 2.22. The fraction of sp³-hybridized carbons (Fsp3) is 0.333. The molecule has 2 atom stereocenters. The maximum absolute atomic E-state index is 5.94. The largest absolute Gasteiger partial charge is 0.323 e. The van der Waals surface area contributed by atoms with E-state index in [1.165, 1.54) is 11.1 Å². The van der Waals surface area contributed by atoms with E-state index < -0.39 is 0 Å². The lowest BCUT2D eigenvalue weighted by Gasteiger charge is -2.06. The molecule has 0 saturated carbocycles. The van der Waals surface area contributed by atoms with E-state index in [0.717, 1.165) is 6.42 Å². The van der Waals surface area contributed by atoms with E-state index >= 15 is 0 Å². The number of rotatable bonds is 0. The number of halogens is 1. The lowest BCUT2D eigenvalue weighted by atomic mass is 10.1. The lowest BCUT2D eigenvalue weighted by molar-refractivity contribution is 0.742. The van der Waals surface area contributed by atoms with Crippen molar-refractivity contribution in [2.75, 3.05) is 0 Å². The predicted molar refractivity (Wildman–Crippen MR) is 49.8 cm³/mol. The Labute approximate surface area is 74.7 Å². The summed E-state index contributed by atoms with van der Waals surface area (Å²) in [4.78, 5) is 0.430. The highest BCUT2D eigenvalue weighted by molar-refractivity contribution is 9.09. The van der Waals surface area contributed by atoms with Gasteiger partial charge in [-0.2, -0.15) is 0 Å². The highest BCUT2D eigenvalue weighted by Crippen LogP contribution is 2.33. The summed E-state index contributed by atoms with van der Waals surface area (Å²) in [7, 11) is 0. The Morgan fingerprint density at radius 1 is 1.36 bits per heavy atom. The van der Waals surface area contributed by atoms with Crippen LogP contribution in [-0.4, -0.2) is 4.83 Å². The molecular weight excluding hydrogens is 202 g/mol. The van der Waals surface area contributed by atoms with Crippen molar-refractivity contribution in [3.63, 3.8) is 0 Å². The van der Waals surface area contributed by atoms with Gasteiger partial charge in [-0.25, -0.2) is 0 Å². The third-order valence-corrected chi connectivity index (χ3v) is 3.11. The van der Waals surface area contributed by atoms with Gasteiger partial charge >= 0.3 is 0 Å². The summed E-state index contributed by atoms with van der Waals surface area (Å²) in [5.41, 5.74) is 8.63. The van der Waals surface area contributed by atoms with Crippen molar-refractivity contribution in [3.8, 4) is 0 Å². The van der Waals surface area contributed by atoms with Crippen molar-refractivity contribution in [2.24, 2.45) is 5.73 Å². The first-order chi connectivity index (χ1) is 5.29. The number of fused-ring (bicyclic) bond motifs is 1. The summed E-state index contributed by atoms with van der Waals surface area (Å²) in [6.45, 7) is 0. The summed E-state index contributed by atoms with van der Waals surface area (Å²) in [6.07, 6.45) is 1.07. The standard InChI is InChI=1S/C9H10BrN/c10-8-5-6-3-1-2-4-7(6)9(8)11/h1-4,8-9H,5,11H2. The van der Waals surface area contributed by atoms with Gasteiger partial charge in [-0.3, -0.25) is 0 Å². The predicted octanol–water partition coefficient (Wildman–Crippen LogP) is 2.01. The molecule has 0 amide bonds. The molecule has 0 spiro atoms. The Morgan fingerprint density at radius 3 is 2.82 bits per heavy atom. The third kappa shape index (κ3) is 1.10. The van der Waals surface area contributed by atoms with Gasteiger partial charge in [0.25, 0.3) is 0 Å². The summed E-state index contributed by atoms with van der Waals surface area (Å²) < 4.78 is 0. The molecule has 1 aromatic rings. The number of benzene rings is 1. The quantitative estimate of drug-likeness (QED) is 0.654. The molecule has 58 valence electrons. The van der Waals surface area contributed by atoms with Gasteiger partial charge in [0.15, 0.2) is 0 Å². The van der Waals surface area contributed by atoms with Gasteiger partial charge in [0, 0.05) is 10.9 Å². The van der Waals surface area contributed by atoms with Gasteiger partial charge in [0.05, 0.1) is 0 Å². The molecule has 0 radical (unpaired) electrons. The van der Waals surface area contributed by atoms with Gasteiger partial charge in [-0.05, 0) is 17.5 Å². The van der Waals surface area contributed by atoms with E-state index in [1.54, 1.807) is 0 Å². The van der Waals surface area contributed by atoms with Crippen LogP contribution in [0.15, 0.2) is 24.3 Å². The minimum atomic E-state index is 0.186. The number of nitrogens with two attached hydrogens (primary N) is 1. The number of hydrogen-bond acceptors (Lipinski definition) is 1. The zero-order chi connectivity index (χ0) is 7.84. The van der Waals surface area contributed by atoms with E-state index in [1.807, 2.05) is 6.07 Å². The molecule has 2 unspecified atom stereocenters. The molecule has 1 nitrogen and oxygen atoms in total. The Kier molecular flexibility index (Phi) is 1.74. The molecular formula is C9H10BrN. The smallest absolute Gasteiger partial charge is 0.0427 e. The Hall–Kier alpha value is -0.340. The molecule has 1 aromatic carbocycles. The van der Waals surface area contributed by atoms with Crippen LogP contribution in [0.3, 0.4) is 0 Å². The normalized spacial score (nSPS) is 28.5. The van der Waals surface area contributed by atoms with Crippen LogP contribution in [0.4, 0.5) is 0 Å². The van der Waals surface area contributed by atoms with Crippen LogP contribution in [-0.2, 0) is 6.42 Å². The van der Waals surface area contributed by atoms with Gasteiger partial charge in [-0.15, -0.1) is 0 Å². The van der Waals surface area contributed by atoms with Crippen LogP contribution >= 0.6 is 15.9 Å². The Bertz CT molecular complexity index is 272. The zero-order valence-corrected chi connectivity index (χ0v) is 7.71. The molecule has 0 bridgehead atoms. The fourth-order valence-corrected chi connectivity index (χ4v) is 2.21. The second kappa shape index (κ2) is 2.61. The summed E-state index contributed by atoms with van der Waals surface area (Å²) in [5.74, 6) is 0. The number of alkyl halides is 1. The van der Waals surface area contributed by atoms with Crippen LogP contribution in [0.1, 0.15) is 17.2 Å². The maximum Gasteiger partial charge on any atom is 0.0427 e. The topological polar surface area (TPSA) is 26.0 Å². The first-order valence-corrected chi connectivity index (χ1v) is 4.68. The highest BCUT2D eigenvalue weighted by atomic mass is 79.9. The summed E-state index contributed by atoms with van der Waals surface area (Å²) in [6, 6.07) is 8.56. The molecule has 0 saturated heterocycles. The van der Waals surface area contributed by atoms with Crippen LogP contribution in [0.25, 0.3) is 0 Å². The molecule has 0 aliphatic heterocycles. The molecule has 0 fully saturated rings. The molecule has 2 N–H and O–H groups in total. The first-order valence-electron chi connectivity index (χ1n) is 3.76. The average molecular weight is 212 g/mol. The van der Waals surface area contributed by atoms with Gasteiger partial charge in [-0.1, -0.05) is 40.2 Å². The SMILES string of the molecule is NC1c2ccccc2CC1Br. The Balaban J connectivity index is 2.47. The van der Waals surface area contributed by atoms with E-state index in [9.17, 15) is 0 Å². The molecule has 0 heterocycles. The number of hydrogen-bond donors (Lipinski definition) is 1. The first kappa shape index (κ1) is 7.32. The van der Waals surface area contributed by atoms with Crippen molar-refractivity contribution in [1.82, 2.24) is 0 Å². The van der Waals surface area contributed by atoms with Crippen molar-refractivity contribution in [1.29, 1.82) is 0 Å². The second-order valence-electron chi connectivity index (χ2n) is 2.94. The summed E-state index contributed by atoms with van der Waals surface area (Å²) in [5, 5.41) is 0. The van der Waals surface area contributed by atoms with Crippen molar-refractivity contribution >= 4 is 15.9 Å². The van der Waals surface area contributed by atoms with Crippen LogP contribution in [0.5, 0.6) is 0 Å². The lowest BCUT2D eigenvalue weighted by Crippen LogP contribution is -2.15. The van der Waals surface area contributed by atoms with E-state index in [-0.39, 0.29) is 6.04 Å². The molecule has 1 aliphatic carbocycles. The van der Waals surface area contributed by atoms with Crippen molar-refractivity contribution < 1.29 is 0 Å². The highest BCUT2D eigenvalue weighted by Gasteiger charge is 2.26. The molecule has 0 aromatic heterocycles.